The summed E-state index contributed by atoms with van der Waals surface area (Å²) in [6.07, 6.45) is 0. The van der Waals surface area contributed by atoms with Crippen LogP contribution in [0.4, 0.5) is 5.69 Å². The maximum atomic E-state index is 9.26. The Kier molecular flexibility index (Phi) is 5.25. The monoisotopic (exact) mass is 375 g/mol. The van der Waals surface area contributed by atoms with Gasteiger partial charge in [0.25, 0.3) is 0 Å². The number of rotatable bonds is 2. The lowest BCUT2D eigenvalue weighted by atomic mass is 10.1. The van der Waals surface area contributed by atoms with Gasteiger partial charge in [0, 0.05) is 36.8 Å². The SMILES string of the molecule is N#Cc1ccccc1N1CCN(C(=S)c2ccc(Cl)cc2Cl)CC1. The Morgan fingerprint density at radius 3 is 2.42 bits per heavy atom. The van der Waals surface area contributed by atoms with E-state index in [2.05, 4.69) is 15.9 Å². The molecule has 0 amide bonds. The van der Waals surface area contributed by atoms with Crippen LogP contribution in [0, 0.1) is 11.3 Å². The summed E-state index contributed by atoms with van der Waals surface area (Å²) in [4.78, 5) is 5.11. The number of nitrogens with zero attached hydrogens (tertiary/aromatic N) is 3. The van der Waals surface area contributed by atoms with Crippen molar-refractivity contribution in [2.45, 2.75) is 0 Å². The number of hydrogen-bond acceptors (Lipinski definition) is 3. The van der Waals surface area contributed by atoms with Crippen LogP contribution >= 0.6 is 35.4 Å². The molecule has 0 aliphatic carbocycles. The quantitative estimate of drug-likeness (QED) is 0.729. The summed E-state index contributed by atoms with van der Waals surface area (Å²) in [6.45, 7) is 3.20. The van der Waals surface area contributed by atoms with Crippen LogP contribution in [-0.2, 0) is 0 Å². The van der Waals surface area contributed by atoms with E-state index < -0.39 is 0 Å². The highest BCUT2D eigenvalue weighted by Gasteiger charge is 2.22. The first kappa shape index (κ1) is 17.0. The minimum atomic E-state index is 0.574. The molecule has 0 spiro atoms. The van der Waals surface area contributed by atoms with E-state index in [1.165, 1.54) is 0 Å². The molecule has 1 heterocycles. The molecule has 0 aromatic heterocycles. The van der Waals surface area contributed by atoms with Crippen molar-refractivity contribution in [3.8, 4) is 6.07 Å². The van der Waals surface area contributed by atoms with Crippen molar-refractivity contribution in [1.82, 2.24) is 4.90 Å². The molecule has 0 N–H and O–H groups in total. The van der Waals surface area contributed by atoms with Gasteiger partial charge in [-0.3, -0.25) is 0 Å². The average molecular weight is 376 g/mol. The van der Waals surface area contributed by atoms with Gasteiger partial charge < -0.3 is 9.80 Å². The second-order valence-corrected chi connectivity index (χ2v) is 6.76. The first-order valence-electron chi connectivity index (χ1n) is 7.58. The lowest BCUT2D eigenvalue weighted by Gasteiger charge is -2.38. The van der Waals surface area contributed by atoms with E-state index >= 15 is 0 Å². The highest BCUT2D eigenvalue weighted by Crippen LogP contribution is 2.25. The van der Waals surface area contributed by atoms with E-state index in [1.807, 2.05) is 30.3 Å². The Labute approximate surface area is 157 Å². The highest BCUT2D eigenvalue weighted by atomic mass is 35.5. The van der Waals surface area contributed by atoms with E-state index in [4.69, 9.17) is 35.4 Å². The van der Waals surface area contributed by atoms with Crippen LogP contribution in [0.5, 0.6) is 0 Å². The molecule has 24 heavy (non-hydrogen) atoms. The van der Waals surface area contributed by atoms with Gasteiger partial charge in [-0.25, -0.2) is 0 Å². The van der Waals surface area contributed by atoms with Crippen molar-refractivity contribution >= 4 is 46.1 Å². The van der Waals surface area contributed by atoms with E-state index in [0.29, 0.717) is 15.6 Å². The molecule has 0 saturated carbocycles. The zero-order valence-corrected chi connectivity index (χ0v) is 15.2. The normalized spacial score (nSPS) is 14.4. The third-order valence-corrected chi connectivity index (χ3v) is 5.12. The average Bonchev–Trinajstić information content (AvgIpc) is 2.61. The van der Waals surface area contributed by atoms with Crippen molar-refractivity contribution in [1.29, 1.82) is 5.26 Å². The predicted octanol–water partition coefficient (Wildman–Crippen LogP) is 4.36. The Hall–Kier alpha value is -1.80. The largest absolute Gasteiger partial charge is 0.367 e. The fourth-order valence-corrected chi connectivity index (χ4v) is 3.74. The zero-order valence-electron chi connectivity index (χ0n) is 12.9. The van der Waals surface area contributed by atoms with Gasteiger partial charge in [-0.15, -0.1) is 0 Å². The molecule has 6 heteroatoms. The summed E-state index contributed by atoms with van der Waals surface area (Å²) < 4.78 is 0. The van der Waals surface area contributed by atoms with Crippen LogP contribution in [0.3, 0.4) is 0 Å². The minimum absolute atomic E-state index is 0.574. The third kappa shape index (κ3) is 3.49. The molecule has 1 aliphatic heterocycles. The molecule has 0 bridgehead atoms. The number of anilines is 1. The molecule has 2 aromatic carbocycles. The highest BCUT2D eigenvalue weighted by molar-refractivity contribution is 7.80. The van der Waals surface area contributed by atoms with Gasteiger partial charge in [-0.05, 0) is 30.3 Å². The van der Waals surface area contributed by atoms with Crippen LogP contribution in [-0.4, -0.2) is 36.1 Å². The van der Waals surface area contributed by atoms with Crippen molar-refractivity contribution in [2.24, 2.45) is 0 Å². The first-order valence-corrected chi connectivity index (χ1v) is 8.75. The first-order chi connectivity index (χ1) is 11.6. The molecule has 0 atom stereocenters. The summed E-state index contributed by atoms with van der Waals surface area (Å²) in [5, 5.41) is 10.4. The van der Waals surface area contributed by atoms with Gasteiger partial charge in [0.15, 0.2) is 0 Å². The van der Waals surface area contributed by atoms with E-state index in [9.17, 15) is 5.26 Å². The molecular formula is C18H15Cl2N3S. The molecule has 1 saturated heterocycles. The number of piperazine rings is 1. The second-order valence-electron chi connectivity index (χ2n) is 5.53. The Morgan fingerprint density at radius 1 is 1.04 bits per heavy atom. The Balaban J connectivity index is 1.71. The standard InChI is InChI=1S/C18H15Cl2N3S/c19-14-5-6-15(16(20)11-14)18(24)23-9-7-22(8-10-23)17-4-2-1-3-13(17)12-21/h1-6,11H,7-10H2. The second kappa shape index (κ2) is 7.40. The third-order valence-electron chi connectivity index (χ3n) is 4.09. The fraction of sp³-hybridized carbons (Fsp3) is 0.222. The van der Waals surface area contributed by atoms with Gasteiger partial charge in [0.05, 0.1) is 16.3 Å². The van der Waals surface area contributed by atoms with Crippen molar-refractivity contribution in [3.63, 3.8) is 0 Å². The molecule has 1 fully saturated rings. The maximum Gasteiger partial charge on any atom is 0.110 e. The smallest absolute Gasteiger partial charge is 0.110 e. The summed E-state index contributed by atoms with van der Waals surface area (Å²) in [5.74, 6) is 0. The summed E-state index contributed by atoms with van der Waals surface area (Å²) in [5.41, 5.74) is 2.52. The van der Waals surface area contributed by atoms with E-state index in [0.717, 1.165) is 42.4 Å². The zero-order chi connectivity index (χ0) is 17.1. The Bertz CT molecular complexity index is 808. The van der Waals surface area contributed by atoms with Gasteiger partial charge >= 0.3 is 0 Å². The molecule has 3 nitrogen and oxygen atoms in total. The molecule has 2 aromatic rings. The molecule has 1 aliphatic rings. The molecule has 0 radical (unpaired) electrons. The van der Waals surface area contributed by atoms with Crippen LogP contribution in [0.2, 0.25) is 10.0 Å². The minimum Gasteiger partial charge on any atom is -0.367 e. The van der Waals surface area contributed by atoms with E-state index in [1.54, 1.807) is 12.1 Å². The number of halogens is 2. The topological polar surface area (TPSA) is 30.3 Å². The van der Waals surface area contributed by atoms with Crippen molar-refractivity contribution in [3.05, 3.63) is 63.6 Å². The molecule has 3 rings (SSSR count). The van der Waals surface area contributed by atoms with Crippen LogP contribution in [0.25, 0.3) is 0 Å². The van der Waals surface area contributed by atoms with Gasteiger partial charge in [0.1, 0.15) is 11.1 Å². The van der Waals surface area contributed by atoms with Crippen molar-refractivity contribution < 1.29 is 0 Å². The fourth-order valence-electron chi connectivity index (χ4n) is 2.83. The lowest BCUT2D eigenvalue weighted by Crippen LogP contribution is -2.48. The number of nitriles is 1. The number of thiocarbonyl (C=S) groups is 1. The van der Waals surface area contributed by atoms with Gasteiger partial charge in [-0.2, -0.15) is 5.26 Å². The molecule has 122 valence electrons. The van der Waals surface area contributed by atoms with E-state index in [-0.39, 0.29) is 0 Å². The van der Waals surface area contributed by atoms with Crippen LogP contribution in [0.1, 0.15) is 11.1 Å². The Morgan fingerprint density at radius 2 is 1.75 bits per heavy atom. The maximum absolute atomic E-state index is 9.26. The van der Waals surface area contributed by atoms with Gasteiger partial charge in [0.2, 0.25) is 0 Å². The lowest BCUT2D eigenvalue weighted by molar-refractivity contribution is 0.392. The number of para-hydroxylation sites is 1. The van der Waals surface area contributed by atoms with Gasteiger partial charge in [-0.1, -0.05) is 47.6 Å². The predicted molar refractivity (Wildman–Crippen MR) is 103 cm³/mol. The van der Waals surface area contributed by atoms with Crippen LogP contribution in [0.15, 0.2) is 42.5 Å². The summed E-state index contributed by atoms with van der Waals surface area (Å²) >= 11 is 17.8. The summed E-state index contributed by atoms with van der Waals surface area (Å²) in [7, 11) is 0. The number of benzene rings is 2. The van der Waals surface area contributed by atoms with Crippen molar-refractivity contribution in [2.75, 3.05) is 31.1 Å². The molecular weight excluding hydrogens is 361 g/mol. The summed E-state index contributed by atoms with van der Waals surface area (Å²) in [6, 6.07) is 15.3. The number of hydrogen-bond donors (Lipinski definition) is 0. The van der Waals surface area contributed by atoms with Crippen LogP contribution < -0.4 is 4.90 Å². The molecule has 0 unspecified atom stereocenters.